The molecule has 2 rings (SSSR count). The normalized spacial score (nSPS) is 23.4. The Morgan fingerprint density at radius 1 is 1.47 bits per heavy atom. The first-order chi connectivity index (χ1) is 9.26. The first-order valence-electron chi connectivity index (χ1n) is 7.17. The smallest absolute Gasteiger partial charge is 0.218 e. The van der Waals surface area contributed by atoms with E-state index in [1.54, 1.807) is 6.33 Å². The highest BCUT2D eigenvalue weighted by molar-refractivity contribution is 5.43. The van der Waals surface area contributed by atoms with Crippen molar-refractivity contribution in [3.63, 3.8) is 0 Å². The zero-order valence-electron chi connectivity index (χ0n) is 11.9. The molecule has 0 amide bonds. The molecule has 0 radical (unpaired) electrons. The minimum atomic E-state index is 0.364. The largest absolute Gasteiger partial charge is 0.478 e. The number of aromatic nitrogens is 2. The van der Waals surface area contributed by atoms with Crippen molar-refractivity contribution in [2.24, 2.45) is 11.7 Å². The van der Waals surface area contributed by atoms with Crippen LogP contribution in [0, 0.1) is 5.92 Å². The Labute approximate surface area is 115 Å². The van der Waals surface area contributed by atoms with Crippen LogP contribution in [0.25, 0.3) is 0 Å². The molecule has 1 aliphatic rings. The van der Waals surface area contributed by atoms with Crippen LogP contribution >= 0.6 is 0 Å². The Morgan fingerprint density at radius 3 is 3.05 bits per heavy atom. The maximum absolute atomic E-state index is 5.92. The molecule has 1 saturated heterocycles. The zero-order valence-corrected chi connectivity index (χ0v) is 11.9. The average molecular weight is 264 g/mol. The van der Waals surface area contributed by atoms with Crippen molar-refractivity contribution in [3.05, 3.63) is 12.4 Å². The molecule has 0 spiro atoms. The molecule has 2 unspecified atom stereocenters. The molecule has 5 heteroatoms. The third-order valence-corrected chi connectivity index (χ3v) is 3.73. The van der Waals surface area contributed by atoms with E-state index in [1.807, 2.05) is 6.07 Å². The van der Waals surface area contributed by atoms with Gasteiger partial charge in [-0.2, -0.15) is 0 Å². The quantitative estimate of drug-likeness (QED) is 0.879. The summed E-state index contributed by atoms with van der Waals surface area (Å²) in [5, 5.41) is 0. The summed E-state index contributed by atoms with van der Waals surface area (Å²) in [6.45, 7) is 6.71. The number of nitrogens with zero attached hydrogens (tertiary/aromatic N) is 3. The molecule has 2 N–H and O–H groups in total. The van der Waals surface area contributed by atoms with E-state index < -0.39 is 0 Å². The van der Waals surface area contributed by atoms with Gasteiger partial charge in [-0.05, 0) is 25.2 Å². The molecule has 0 aliphatic carbocycles. The Kier molecular flexibility index (Phi) is 4.96. The lowest BCUT2D eigenvalue weighted by molar-refractivity contribution is 0.303. The highest BCUT2D eigenvalue weighted by Gasteiger charge is 2.28. The number of ether oxygens (including phenoxy) is 1. The van der Waals surface area contributed by atoms with Gasteiger partial charge in [0.2, 0.25) is 5.88 Å². The molecular weight excluding hydrogens is 240 g/mol. The van der Waals surface area contributed by atoms with Crippen LogP contribution in [-0.4, -0.2) is 35.7 Å². The van der Waals surface area contributed by atoms with E-state index >= 15 is 0 Å². The summed E-state index contributed by atoms with van der Waals surface area (Å²) < 4.78 is 5.57. The second-order valence-corrected chi connectivity index (χ2v) is 5.18. The van der Waals surface area contributed by atoms with E-state index in [0.717, 1.165) is 18.8 Å². The van der Waals surface area contributed by atoms with Crippen LogP contribution in [0.5, 0.6) is 5.88 Å². The fourth-order valence-corrected chi connectivity index (χ4v) is 2.67. The minimum absolute atomic E-state index is 0.364. The number of anilines is 1. The van der Waals surface area contributed by atoms with Crippen molar-refractivity contribution in [3.8, 4) is 5.88 Å². The van der Waals surface area contributed by atoms with Crippen molar-refractivity contribution >= 4 is 5.82 Å². The van der Waals surface area contributed by atoms with Gasteiger partial charge < -0.3 is 15.4 Å². The predicted molar refractivity (Wildman–Crippen MR) is 76.4 cm³/mol. The van der Waals surface area contributed by atoms with Crippen LogP contribution in [0.2, 0.25) is 0 Å². The summed E-state index contributed by atoms with van der Waals surface area (Å²) in [6, 6.07) is 2.29. The van der Waals surface area contributed by atoms with Gasteiger partial charge in [-0.15, -0.1) is 0 Å². The van der Waals surface area contributed by atoms with Crippen molar-refractivity contribution in [1.82, 2.24) is 9.97 Å². The Hall–Kier alpha value is -1.36. The summed E-state index contributed by atoms with van der Waals surface area (Å²) >= 11 is 0. The van der Waals surface area contributed by atoms with E-state index in [0.29, 0.717) is 31.0 Å². The number of hydrogen-bond acceptors (Lipinski definition) is 5. The summed E-state index contributed by atoms with van der Waals surface area (Å²) in [5.74, 6) is 2.19. The summed E-state index contributed by atoms with van der Waals surface area (Å²) in [6.07, 6.45) is 4.98. The summed E-state index contributed by atoms with van der Waals surface area (Å²) in [5.41, 5.74) is 5.92. The first-order valence-corrected chi connectivity index (χ1v) is 7.17. The maximum atomic E-state index is 5.92. The van der Waals surface area contributed by atoms with Crippen LogP contribution in [0.1, 0.15) is 33.1 Å². The van der Waals surface area contributed by atoms with Gasteiger partial charge in [0.05, 0.1) is 6.61 Å². The molecule has 2 atom stereocenters. The monoisotopic (exact) mass is 264 g/mol. The average Bonchev–Trinajstić information content (AvgIpc) is 2.45. The highest BCUT2D eigenvalue weighted by atomic mass is 16.5. The molecule has 106 valence electrons. The second-order valence-electron chi connectivity index (χ2n) is 5.18. The lowest BCUT2D eigenvalue weighted by Crippen LogP contribution is -2.49. The molecule has 0 aromatic carbocycles. The van der Waals surface area contributed by atoms with Crippen LogP contribution in [0.3, 0.4) is 0 Å². The number of hydrogen-bond donors (Lipinski definition) is 1. The molecule has 1 aliphatic heterocycles. The third-order valence-electron chi connectivity index (χ3n) is 3.73. The molecule has 1 fully saturated rings. The standard InChI is InChI=1S/C14H24N4O/c1-3-7-19-14-8-13(16-10-17-14)18-6-4-5-11(2)12(18)9-15/h8,10-12H,3-7,9,15H2,1-2H3. The summed E-state index contributed by atoms with van der Waals surface area (Å²) in [4.78, 5) is 10.8. The van der Waals surface area contributed by atoms with E-state index in [4.69, 9.17) is 10.5 Å². The number of nitrogens with two attached hydrogens (primary N) is 1. The van der Waals surface area contributed by atoms with E-state index in [1.165, 1.54) is 12.8 Å². The van der Waals surface area contributed by atoms with Gasteiger partial charge in [-0.25, -0.2) is 9.97 Å². The van der Waals surface area contributed by atoms with E-state index in [9.17, 15) is 0 Å². The van der Waals surface area contributed by atoms with Gasteiger partial charge in [0.1, 0.15) is 12.1 Å². The predicted octanol–water partition coefficient (Wildman–Crippen LogP) is 1.83. The number of rotatable bonds is 5. The third kappa shape index (κ3) is 3.35. The maximum Gasteiger partial charge on any atom is 0.218 e. The second kappa shape index (κ2) is 6.70. The van der Waals surface area contributed by atoms with Crippen molar-refractivity contribution in [2.45, 2.75) is 39.2 Å². The fraction of sp³-hybridized carbons (Fsp3) is 0.714. The lowest BCUT2D eigenvalue weighted by atomic mass is 9.91. The topological polar surface area (TPSA) is 64.3 Å². The summed E-state index contributed by atoms with van der Waals surface area (Å²) in [7, 11) is 0. The molecule has 19 heavy (non-hydrogen) atoms. The van der Waals surface area contributed by atoms with Gasteiger partial charge in [0, 0.05) is 25.2 Å². The molecule has 0 saturated carbocycles. The van der Waals surface area contributed by atoms with E-state index in [-0.39, 0.29) is 0 Å². The SMILES string of the molecule is CCCOc1cc(N2CCCC(C)C2CN)ncn1. The molecule has 1 aromatic heterocycles. The van der Waals surface area contributed by atoms with Gasteiger partial charge in [-0.3, -0.25) is 0 Å². The lowest BCUT2D eigenvalue weighted by Gasteiger charge is -2.40. The van der Waals surface area contributed by atoms with Gasteiger partial charge >= 0.3 is 0 Å². The minimum Gasteiger partial charge on any atom is -0.478 e. The fourth-order valence-electron chi connectivity index (χ4n) is 2.67. The van der Waals surface area contributed by atoms with E-state index in [2.05, 4.69) is 28.7 Å². The molecule has 2 heterocycles. The van der Waals surface area contributed by atoms with Crippen molar-refractivity contribution in [2.75, 3.05) is 24.6 Å². The van der Waals surface area contributed by atoms with Crippen molar-refractivity contribution in [1.29, 1.82) is 0 Å². The molecular formula is C14H24N4O. The molecule has 1 aromatic rings. The van der Waals surface area contributed by atoms with Crippen LogP contribution < -0.4 is 15.4 Å². The molecule has 5 nitrogen and oxygen atoms in total. The molecule has 0 bridgehead atoms. The van der Waals surface area contributed by atoms with Gasteiger partial charge in [0.15, 0.2) is 0 Å². The first kappa shape index (κ1) is 14.1. The Balaban J connectivity index is 2.15. The van der Waals surface area contributed by atoms with Crippen LogP contribution in [0.4, 0.5) is 5.82 Å². The van der Waals surface area contributed by atoms with Crippen LogP contribution in [-0.2, 0) is 0 Å². The highest BCUT2D eigenvalue weighted by Crippen LogP contribution is 2.27. The Morgan fingerprint density at radius 2 is 2.32 bits per heavy atom. The number of piperidine rings is 1. The van der Waals surface area contributed by atoms with Gasteiger partial charge in [-0.1, -0.05) is 13.8 Å². The Bertz CT molecular complexity index is 399. The van der Waals surface area contributed by atoms with Gasteiger partial charge in [0.25, 0.3) is 0 Å². The van der Waals surface area contributed by atoms with Crippen LogP contribution in [0.15, 0.2) is 12.4 Å². The zero-order chi connectivity index (χ0) is 13.7. The van der Waals surface area contributed by atoms with Crippen molar-refractivity contribution < 1.29 is 4.74 Å².